The number of rotatable bonds is 4. The minimum atomic E-state index is -0.494. The lowest BCUT2D eigenvalue weighted by molar-refractivity contribution is 0.0593. The highest BCUT2D eigenvalue weighted by molar-refractivity contribution is 7.16. The monoisotopic (exact) mass is 338 g/mol. The SMILES string of the molecule is CCc1sc(N(C)C(=O)c2ccc(Cl)cc2)nc1C(=O)OC. The van der Waals surface area contributed by atoms with E-state index in [1.807, 2.05) is 6.92 Å². The van der Waals surface area contributed by atoms with E-state index in [0.717, 1.165) is 4.88 Å². The number of carbonyl (C=O) groups excluding carboxylic acids is 2. The van der Waals surface area contributed by atoms with Gasteiger partial charge >= 0.3 is 5.97 Å². The summed E-state index contributed by atoms with van der Waals surface area (Å²) in [6.45, 7) is 1.92. The number of hydrogen-bond acceptors (Lipinski definition) is 5. The summed E-state index contributed by atoms with van der Waals surface area (Å²) < 4.78 is 4.72. The van der Waals surface area contributed by atoms with Crippen LogP contribution in [0, 0.1) is 0 Å². The number of esters is 1. The molecule has 5 nitrogen and oxygen atoms in total. The van der Waals surface area contributed by atoms with Crippen LogP contribution in [0.2, 0.25) is 5.02 Å². The number of nitrogens with zero attached hydrogens (tertiary/aromatic N) is 2. The first kappa shape index (κ1) is 16.5. The van der Waals surface area contributed by atoms with E-state index in [1.165, 1.54) is 23.3 Å². The van der Waals surface area contributed by atoms with Gasteiger partial charge in [0.15, 0.2) is 10.8 Å². The molecule has 0 fully saturated rings. The Morgan fingerprint density at radius 2 is 1.95 bits per heavy atom. The van der Waals surface area contributed by atoms with Gasteiger partial charge in [-0.15, -0.1) is 11.3 Å². The first-order valence-electron chi connectivity index (χ1n) is 6.59. The maximum atomic E-state index is 12.4. The van der Waals surface area contributed by atoms with Crippen LogP contribution in [-0.4, -0.2) is 31.0 Å². The number of ether oxygens (including phenoxy) is 1. The first-order valence-corrected chi connectivity index (χ1v) is 7.79. The van der Waals surface area contributed by atoms with E-state index in [-0.39, 0.29) is 11.6 Å². The summed E-state index contributed by atoms with van der Waals surface area (Å²) in [6, 6.07) is 6.61. The molecule has 1 aromatic carbocycles. The van der Waals surface area contributed by atoms with E-state index < -0.39 is 5.97 Å². The zero-order valence-electron chi connectivity index (χ0n) is 12.4. The molecule has 0 radical (unpaired) electrons. The molecule has 1 amide bonds. The molecule has 0 saturated heterocycles. The lowest BCUT2D eigenvalue weighted by atomic mass is 10.2. The van der Waals surface area contributed by atoms with Crippen LogP contribution in [0.5, 0.6) is 0 Å². The number of hydrogen-bond donors (Lipinski definition) is 0. The zero-order valence-corrected chi connectivity index (χ0v) is 14.0. The fourth-order valence-corrected chi connectivity index (χ4v) is 2.92. The topological polar surface area (TPSA) is 59.5 Å². The molecule has 0 aliphatic carbocycles. The van der Waals surface area contributed by atoms with Crippen molar-refractivity contribution in [2.75, 3.05) is 19.1 Å². The van der Waals surface area contributed by atoms with Crippen LogP contribution in [0.15, 0.2) is 24.3 Å². The highest BCUT2D eigenvalue weighted by Gasteiger charge is 2.22. The Labute approximate surface area is 137 Å². The van der Waals surface area contributed by atoms with E-state index in [1.54, 1.807) is 31.3 Å². The zero-order chi connectivity index (χ0) is 16.3. The molecular weight excluding hydrogens is 324 g/mol. The second kappa shape index (κ2) is 6.89. The van der Waals surface area contributed by atoms with Gasteiger partial charge < -0.3 is 4.74 Å². The summed E-state index contributed by atoms with van der Waals surface area (Å²) in [6.07, 6.45) is 0.644. The molecule has 1 heterocycles. The van der Waals surface area contributed by atoms with Gasteiger partial charge in [0.05, 0.1) is 7.11 Å². The van der Waals surface area contributed by atoms with Gasteiger partial charge in [0.25, 0.3) is 5.91 Å². The standard InChI is InChI=1S/C15H15ClN2O3S/c1-4-11-12(14(20)21-3)17-15(22-11)18(2)13(19)9-5-7-10(16)8-6-9/h5-8H,4H2,1-3H3. The summed E-state index contributed by atoms with van der Waals surface area (Å²) in [5.74, 6) is -0.712. The maximum Gasteiger partial charge on any atom is 0.357 e. The molecule has 0 unspecified atom stereocenters. The number of thiazole rings is 1. The minimum absolute atomic E-state index is 0.218. The van der Waals surface area contributed by atoms with Crippen LogP contribution in [0.4, 0.5) is 5.13 Å². The number of anilines is 1. The average molecular weight is 339 g/mol. The number of aromatic nitrogens is 1. The van der Waals surface area contributed by atoms with Gasteiger partial charge in [-0.1, -0.05) is 18.5 Å². The molecule has 0 atom stereocenters. The number of carbonyl (C=O) groups is 2. The number of amides is 1. The lowest BCUT2D eigenvalue weighted by Gasteiger charge is -2.13. The van der Waals surface area contributed by atoms with Crippen molar-refractivity contribution in [2.24, 2.45) is 0 Å². The molecule has 2 aromatic rings. The summed E-state index contributed by atoms with van der Waals surface area (Å²) >= 11 is 7.12. The number of halogens is 1. The highest BCUT2D eigenvalue weighted by Crippen LogP contribution is 2.27. The number of methoxy groups -OCH3 is 1. The molecule has 1 aromatic heterocycles. The van der Waals surface area contributed by atoms with Gasteiger partial charge in [0.2, 0.25) is 0 Å². The fraction of sp³-hybridized carbons (Fsp3) is 0.267. The van der Waals surface area contributed by atoms with E-state index in [9.17, 15) is 9.59 Å². The molecule has 0 N–H and O–H groups in total. The van der Waals surface area contributed by atoms with E-state index in [2.05, 4.69) is 4.98 Å². The van der Waals surface area contributed by atoms with E-state index in [4.69, 9.17) is 16.3 Å². The Balaban J connectivity index is 2.31. The molecule has 0 spiro atoms. The molecule has 0 aliphatic rings. The fourth-order valence-electron chi connectivity index (χ4n) is 1.85. The Bertz CT molecular complexity index is 697. The normalized spacial score (nSPS) is 10.4. The molecular formula is C15H15ClN2O3S. The Hall–Kier alpha value is -1.92. The van der Waals surface area contributed by atoms with Gasteiger partial charge in [0.1, 0.15) is 0 Å². The number of aryl methyl sites for hydroxylation is 1. The predicted molar refractivity (Wildman–Crippen MR) is 87.0 cm³/mol. The average Bonchev–Trinajstić information content (AvgIpc) is 2.97. The molecule has 0 bridgehead atoms. The van der Waals surface area contributed by atoms with Crippen molar-refractivity contribution in [2.45, 2.75) is 13.3 Å². The summed E-state index contributed by atoms with van der Waals surface area (Å²) in [7, 11) is 2.93. The van der Waals surface area contributed by atoms with E-state index >= 15 is 0 Å². The molecule has 116 valence electrons. The van der Waals surface area contributed by atoms with Crippen molar-refractivity contribution in [3.8, 4) is 0 Å². The second-order valence-corrected chi connectivity index (χ2v) is 5.98. The Morgan fingerprint density at radius 1 is 1.32 bits per heavy atom. The van der Waals surface area contributed by atoms with Crippen LogP contribution >= 0.6 is 22.9 Å². The summed E-state index contributed by atoms with van der Waals surface area (Å²) in [4.78, 5) is 30.6. The second-order valence-electron chi connectivity index (χ2n) is 4.48. The molecule has 7 heteroatoms. The van der Waals surface area contributed by atoms with Crippen molar-refractivity contribution in [1.29, 1.82) is 0 Å². The molecule has 0 saturated carbocycles. The Kier molecular flexibility index (Phi) is 5.15. The highest BCUT2D eigenvalue weighted by atomic mass is 35.5. The van der Waals surface area contributed by atoms with Gasteiger partial charge in [-0.3, -0.25) is 9.69 Å². The molecule has 2 rings (SSSR count). The van der Waals surface area contributed by atoms with Gasteiger partial charge in [0, 0.05) is 22.5 Å². The Morgan fingerprint density at radius 3 is 2.50 bits per heavy atom. The van der Waals surface area contributed by atoms with Crippen LogP contribution < -0.4 is 4.90 Å². The van der Waals surface area contributed by atoms with Crippen LogP contribution in [-0.2, 0) is 11.2 Å². The summed E-state index contributed by atoms with van der Waals surface area (Å²) in [5, 5.41) is 1.02. The lowest BCUT2D eigenvalue weighted by Crippen LogP contribution is -2.26. The van der Waals surface area contributed by atoms with Crippen molar-refractivity contribution < 1.29 is 14.3 Å². The van der Waals surface area contributed by atoms with Crippen molar-refractivity contribution in [3.05, 3.63) is 45.4 Å². The largest absolute Gasteiger partial charge is 0.464 e. The third-order valence-corrected chi connectivity index (χ3v) is 4.60. The van der Waals surface area contributed by atoms with Gasteiger partial charge in [-0.2, -0.15) is 0 Å². The van der Waals surface area contributed by atoms with Crippen LogP contribution in [0.1, 0.15) is 32.6 Å². The minimum Gasteiger partial charge on any atom is -0.464 e. The van der Waals surface area contributed by atoms with Crippen LogP contribution in [0.3, 0.4) is 0 Å². The smallest absolute Gasteiger partial charge is 0.357 e. The van der Waals surface area contributed by atoms with Gasteiger partial charge in [-0.05, 0) is 30.7 Å². The number of benzene rings is 1. The van der Waals surface area contributed by atoms with Gasteiger partial charge in [-0.25, -0.2) is 9.78 Å². The van der Waals surface area contributed by atoms with Crippen molar-refractivity contribution >= 4 is 39.9 Å². The van der Waals surface area contributed by atoms with Crippen molar-refractivity contribution in [1.82, 2.24) is 4.98 Å². The predicted octanol–water partition coefficient (Wildman–Crippen LogP) is 3.42. The van der Waals surface area contributed by atoms with E-state index in [0.29, 0.717) is 22.1 Å². The summed E-state index contributed by atoms with van der Waals surface area (Å²) in [5.41, 5.74) is 0.764. The molecule has 0 aliphatic heterocycles. The quantitative estimate of drug-likeness (QED) is 0.801. The first-order chi connectivity index (χ1) is 10.5. The third-order valence-electron chi connectivity index (χ3n) is 3.07. The van der Waals surface area contributed by atoms with Crippen molar-refractivity contribution in [3.63, 3.8) is 0 Å². The van der Waals surface area contributed by atoms with Crippen LogP contribution in [0.25, 0.3) is 0 Å². The maximum absolute atomic E-state index is 12.4. The molecule has 22 heavy (non-hydrogen) atoms. The third kappa shape index (κ3) is 3.28.